The second-order valence-electron chi connectivity index (χ2n) is 5.58. The van der Waals surface area contributed by atoms with Gasteiger partial charge in [-0.15, -0.1) is 0 Å². The molecule has 0 aliphatic carbocycles. The summed E-state index contributed by atoms with van der Waals surface area (Å²) >= 11 is 6.82. The van der Waals surface area contributed by atoms with Crippen LogP contribution in [0.4, 0.5) is 0 Å². The van der Waals surface area contributed by atoms with Crippen LogP contribution in [0.3, 0.4) is 0 Å². The number of methoxy groups -OCH3 is 2. The highest BCUT2D eigenvalue weighted by Crippen LogP contribution is 2.35. The first-order chi connectivity index (χ1) is 12.4. The molecular weight excluding hydrogens is 466 g/mol. The normalized spacial score (nSPS) is 10.8. The van der Waals surface area contributed by atoms with Gasteiger partial charge in [-0.2, -0.15) is 0 Å². The zero-order valence-corrected chi connectivity index (χ0v) is 17.5. The van der Waals surface area contributed by atoms with Crippen LogP contribution in [0.2, 0.25) is 0 Å². The molecule has 1 heterocycles. The third kappa shape index (κ3) is 2.95. The molecule has 0 fully saturated rings. The van der Waals surface area contributed by atoms with Crippen molar-refractivity contribution >= 4 is 54.6 Å². The highest BCUT2D eigenvalue weighted by Gasteiger charge is 2.26. The SMILES string of the molecule is COC(=O)c1c(C)n(C(=O)c2cc(Br)cc(Br)c2OC)c2ccccc12. The van der Waals surface area contributed by atoms with Crippen LogP contribution in [0.5, 0.6) is 5.75 Å². The van der Waals surface area contributed by atoms with Crippen molar-refractivity contribution in [3.05, 3.63) is 62.2 Å². The van der Waals surface area contributed by atoms with Crippen LogP contribution in [0.25, 0.3) is 10.9 Å². The summed E-state index contributed by atoms with van der Waals surface area (Å²) in [5, 5.41) is 0.665. The second kappa shape index (κ2) is 7.25. The van der Waals surface area contributed by atoms with E-state index in [1.165, 1.54) is 18.8 Å². The van der Waals surface area contributed by atoms with Crippen molar-refractivity contribution in [2.24, 2.45) is 0 Å². The van der Waals surface area contributed by atoms with Crippen molar-refractivity contribution in [3.63, 3.8) is 0 Å². The molecular formula is C19H15Br2NO4. The molecule has 26 heavy (non-hydrogen) atoms. The number of rotatable bonds is 3. The summed E-state index contributed by atoms with van der Waals surface area (Å²) in [6.45, 7) is 1.73. The van der Waals surface area contributed by atoms with Crippen molar-refractivity contribution in [1.82, 2.24) is 4.57 Å². The Labute approximate surface area is 167 Å². The van der Waals surface area contributed by atoms with E-state index in [9.17, 15) is 9.59 Å². The van der Waals surface area contributed by atoms with E-state index in [1.807, 2.05) is 12.1 Å². The van der Waals surface area contributed by atoms with Gasteiger partial charge in [0.05, 0.1) is 35.3 Å². The number of para-hydroxylation sites is 1. The van der Waals surface area contributed by atoms with Gasteiger partial charge in [-0.25, -0.2) is 4.79 Å². The maximum absolute atomic E-state index is 13.4. The van der Waals surface area contributed by atoms with Crippen molar-refractivity contribution in [3.8, 4) is 5.75 Å². The van der Waals surface area contributed by atoms with Gasteiger partial charge in [-0.3, -0.25) is 9.36 Å². The molecule has 0 saturated heterocycles. The van der Waals surface area contributed by atoms with Gasteiger partial charge >= 0.3 is 5.97 Å². The number of aromatic nitrogens is 1. The molecule has 0 amide bonds. The molecule has 0 bridgehead atoms. The van der Waals surface area contributed by atoms with E-state index in [0.29, 0.717) is 37.9 Å². The van der Waals surface area contributed by atoms with E-state index in [-0.39, 0.29) is 5.91 Å². The summed E-state index contributed by atoms with van der Waals surface area (Å²) in [6.07, 6.45) is 0. The highest BCUT2D eigenvalue weighted by atomic mass is 79.9. The van der Waals surface area contributed by atoms with Crippen molar-refractivity contribution < 1.29 is 19.1 Å². The second-order valence-corrected chi connectivity index (χ2v) is 7.35. The summed E-state index contributed by atoms with van der Waals surface area (Å²) < 4.78 is 13.2. The lowest BCUT2D eigenvalue weighted by Crippen LogP contribution is -2.16. The van der Waals surface area contributed by atoms with Gasteiger partial charge in [0.1, 0.15) is 5.75 Å². The summed E-state index contributed by atoms with van der Waals surface area (Å²) in [5.74, 6) is -0.352. The minimum Gasteiger partial charge on any atom is -0.495 e. The van der Waals surface area contributed by atoms with Crippen LogP contribution in [0, 0.1) is 6.92 Å². The van der Waals surface area contributed by atoms with Gasteiger partial charge in [-0.1, -0.05) is 34.1 Å². The fourth-order valence-corrected chi connectivity index (χ4v) is 4.42. The molecule has 1 aromatic heterocycles. The van der Waals surface area contributed by atoms with Gasteiger partial charge in [0, 0.05) is 15.6 Å². The first-order valence-corrected chi connectivity index (χ1v) is 9.25. The number of hydrogen-bond donors (Lipinski definition) is 0. The summed E-state index contributed by atoms with van der Waals surface area (Å²) in [7, 11) is 2.83. The Bertz CT molecular complexity index is 1040. The van der Waals surface area contributed by atoms with Crippen LogP contribution >= 0.6 is 31.9 Å². The first-order valence-electron chi connectivity index (χ1n) is 7.66. The molecule has 0 radical (unpaired) electrons. The minimum absolute atomic E-state index is 0.298. The summed E-state index contributed by atoms with van der Waals surface area (Å²) in [4.78, 5) is 25.6. The van der Waals surface area contributed by atoms with Crippen LogP contribution in [0.1, 0.15) is 26.4 Å². The molecule has 0 N–H and O–H groups in total. The molecule has 2 aromatic carbocycles. The van der Waals surface area contributed by atoms with E-state index in [0.717, 1.165) is 4.47 Å². The Kier molecular flexibility index (Phi) is 5.20. The number of ether oxygens (including phenoxy) is 2. The Morgan fingerprint density at radius 2 is 1.77 bits per heavy atom. The van der Waals surface area contributed by atoms with Crippen molar-refractivity contribution in [2.75, 3.05) is 14.2 Å². The number of carbonyl (C=O) groups is 2. The van der Waals surface area contributed by atoms with E-state index in [4.69, 9.17) is 9.47 Å². The van der Waals surface area contributed by atoms with Crippen LogP contribution < -0.4 is 4.74 Å². The number of hydrogen-bond acceptors (Lipinski definition) is 4. The lowest BCUT2D eigenvalue weighted by atomic mass is 10.1. The zero-order chi connectivity index (χ0) is 19.0. The third-order valence-electron chi connectivity index (χ3n) is 4.15. The molecule has 0 spiro atoms. The fourth-order valence-electron chi connectivity index (χ4n) is 3.04. The number of carbonyl (C=O) groups excluding carboxylic acids is 2. The van der Waals surface area contributed by atoms with Crippen LogP contribution in [-0.4, -0.2) is 30.7 Å². The molecule has 0 unspecified atom stereocenters. The topological polar surface area (TPSA) is 57.5 Å². The van der Waals surface area contributed by atoms with E-state index in [2.05, 4.69) is 31.9 Å². The van der Waals surface area contributed by atoms with Gasteiger partial charge in [0.2, 0.25) is 0 Å². The van der Waals surface area contributed by atoms with Crippen molar-refractivity contribution in [2.45, 2.75) is 6.92 Å². The van der Waals surface area contributed by atoms with Gasteiger partial charge in [0.25, 0.3) is 5.91 Å². The molecule has 5 nitrogen and oxygen atoms in total. The molecule has 0 aliphatic heterocycles. The van der Waals surface area contributed by atoms with Crippen LogP contribution in [0.15, 0.2) is 45.3 Å². The predicted octanol–water partition coefficient (Wildman–Crippen LogP) is 4.96. The Balaban J connectivity index is 2.32. The minimum atomic E-state index is -0.479. The number of nitrogens with zero attached hydrogens (tertiary/aromatic N) is 1. The molecule has 0 aliphatic rings. The van der Waals surface area contributed by atoms with Gasteiger partial charge < -0.3 is 9.47 Å². The maximum Gasteiger partial charge on any atom is 0.340 e. The Morgan fingerprint density at radius 1 is 1.08 bits per heavy atom. The number of fused-ring (bicyclic) bond motifs is 1. The molecule has 3 aromatic rings. The lowest BCUT2D eigenvalue weighted by molar-refractivity contribution is 0.0602. The maximum atomic E-state index is 13.4. The quantitative estimate of drug-likeness (QED) is 0.497. The van der Waals surface area contributed by atoms with Gasteiger partial charge in [0.15, 0.2) is 0 Å². The summed E-state index contributed by atoms with van der Waals surface area (Å²) in [6, 6.07) is 10.7. The molecule has 7 heteroatoms. The number of esters is 1. The molecule has 0 atom stereocenters. The standard InChI is InChI=1S/C19H15Br2NO4/c1-10-16(19(24)26-3)12-6-4-5-7-15(12)22(10)18(23)13-8-11(20)9-14(21)17(13)25-2/h4-9H,1-3H3. The fraction of sp³-hybridized carbons (Fsp3) is 0.158. The molecule has 0 saturated carbocycles. The number of benzene rings is 2. The average Bonchev–Trinajstić information content (AvgIpc) is 2.91. The van der Waals surface area contributed by atoms with Crippen molar-refractivity contribution in [1.29, 1.82) is 0 Å². The van der Waals surface area contributed by atoms with Crippen LogP contribution in [-0.2, 0) is 4.74 Å². The Morgan fingerprint density at radius 3 is 2.42 bits per heavy atom. The highest BCUT2D eigenvalue weighted by molar-refractivity contribution is 9.11. The predicted molar refractivity (Wildman–Crippen MR) is 106 cm³/mol. The summed E-state index contributed by atoms with van der Waals surface area (Å²) in [5.41, 5.74) is 1.90. The van der Waals surface area contributed by atoms with E-state index in [1.54, 1.807) is 31.2 Å². The third-order valence-corrected chi connectivity index (χ3v) is 5.19. The first kappa shape index (κ1) is 18.7. The van der Waals surface area contributed by atoms with E-state index >= 15 is 0 Å². The Hall–Kier alpha value is -2.12. The largest absolute Gasteiger partial charge is 0.495 e. The average molecular weight is 481 g/mol. The van der Waals surface area contributed by atoms with Gasteiger partial charge in [-0.05, 0) is 41.1 Å². The smallest absolute Gasteiger partial charge is 0.340 e. The van der Waals surface area contributed by atoms with E-state index < -0.39 is 5.97 Å². The number of halogens is 2. The lowest BCUT2D eigenvalue weighted by Gasteiger charge is -2.13. The molecule has 3 rings (SSSR count). The zero-order valence-electron chi connectivity index (χ0n) is 14.3. The molecule has 134 valence electrons. The monoisotopic (exact) mass is 479 g/mol.